The van der Waals surface area contributed by atoms with Crippen molar-refractivity contribution in [3.63, 3.8) is 0 Å². The van der Waals surface area contributed by atoms with Crippen LogP contribution in [0, 0.1) is 0 Å². The molecule has 0 saturated carbocycles. The fraction of sp³-hybridized carbons (Fsp3) is 0.100. The summed E-state index contributed by atoms with van der Waals surface area (Å²) in [6.45, 7) is 1.68. The number of benzene rings is 1. The second-order valence-corrected chi connectivity index (χ2v) is 6.72. The normalized spacial score (nSPS) is 13.5. The predicted molar refractivity (Wildman–Crippen MR) is 106 cm³/mol. The highest BCUT2D eigenvalue weighted by molar-refractivity contribution is 5.78. The van der Waals surface area contributed by atoms with Crippen molar-refractivity contribution >= 4 is 34.0 Å². The molecule has 136 valence electrons. The summed E-state index contributed by atoms with van der Waals surface area (Å²) in [5.74, 6) is 0.896. The highest BCUT2D eigenvalue weighted by atomic mass is 16.1. The second-order valence-electron chi connectivity index (χ2n) is 6.72. The molecule has 6 rings (SSSR count). The summed E-state index contributed by atoms with van der Waals surface area (Å²) in [5.41, 5.74) is 4.75. The molecule has 1 N–H and O–H groups in total. The molecule has 1 aliphatic heterocycles. The van der Waals surface area contributed by atoms with Gasteiger partial charge in [-0.3, -0.25) is 4.57 Å². The molecule has 0 bridgehead atoms. The Morgan fingerprint density at radius 2 is 1.61 bits per heavy atom. The van der Waals surface area contributed by atoms with E-state index in [0.29, 0.717) is 5.65 Å². The van der Waals surface area contributed by atoms with Crippen LogP contribution in [0.25, 0.3) is 28.0 Å². The third-order valence-electron chi connectivity index (χ3n) is 5.14. The van der Waals surface area contributed by atoms with E-state index >= 15 is 0 Å². The Morgan fingerprint density at radius 3 is 2.46 bits per heavy atom. The molecule has 4 aromatic heterocycles. The van der Waals surface area contributed by atoms with Gasteiger partial charge in [-0.2, -0.15) is 0 Å². The van der Waals surface area contributed by atoms with Crippen molar-refractivity contribution in [1.29, 1.82) is 0 Å². The standard InChI is InChI=1S/C20H15N7O/c28-20-24-16-4-2-10-22-18(16)27(20)14-7-5-13(6-8-14)25-11-12-26-17-15(23-19(25)26)3-1-9-21-17/h1-10H,11-12H2,(H,24,28). The summed E-state index contributed by atoms with van der Waals surface area (Å²) in [4.78, 5) is 30.9. The van der Waals surface area contributed by atoms with Crippen LogP contribution in [0.4, 0.5) is 11.6 Å². The summed E-state index contributed by atoms with van der Waals surface area (Å²) >= 11 is 0. The Kier molecular flexibility index (Phi) is 2.99. The molecule has 0 saturated heterocycles. The summed E-state index contributed by atoms with van der Waals surface area (Å²) in [5, 5.41) is 0. The number of imidazole rings is 2. The molecular weight excluding hydrogens is 354 g/mol. The molecule has 0 atom stereocenters. The van der Waals surface area contributed by atoms with Gasteiger partial charge in [0.05, 0.1) is 11.2 Å². The first kappa shape index (κ1) is 15.2. The molecule has 0 unspecified atom stereocenters. The largest absolute Gasteiger partial charge is 0.332 e. The van der Waals surface area contributed by atoms with E-state index < -0.39 is 0 Å². The number of fused-ring (bicyclic) bond motifs is 4. The Labute approximate surface area is 158 Å². The number of hydrogen-bond donors (Lipinski definition) is 1. The average molecular weight is 369 g/mol. The van der Waals surface area contributed by atoms with Gasteiger partial charge in [-0.05, 0) is 48.5 Å². The van der Waals surface area contributed by atoms with Crippen LogP contribution in [0.1, 0.15) is 0 Å². The van der Waals surface area contributed by atoms with Crippen molar-refractivity contribution in [2.45, 2.75) is 6.54 Å². The van der Waals surface area contributed by atoms with E-state index in [0.717, 1.165) is 47.1 Å². The van der Waals surface area contributed by atoms with Crippen LogP contribution in [-0.4, -0.2) is 35.6 Å². The topological polar surface area (TPSA) is 84.6 Å². The van der Waals surface area contributed by atoms with E-state index in [9.17, 15) is 4.79 Å². The van der Waals surface area contributed by atoms with Gasteiger partial charge in [0.25, 0.3) is 0 Å². The third kappa shape index (κ3) is 2.05. The first-order valence-corrected chi connectivity index (χ1v) is 9.04. The number of nitrogens with one attached hydrogen (secondary N) is 1. The zero-order chi connectivity index (χ0) is 18.7. The van der Waals surface area contributed by atoms with E-state index in [-0.39, 0.29) is 5.69 Å². The van der Waals surface area contributed by atoms with E-state index in [4.69, 9.17) is 4.98 Å². The summed E-state index contributed by atoms with van der Waals surface area (Å²) in [7, 11) is 0. The Bertz CT molecular complexity index is 1390. The van der Waals surface area contributed by atoms with Gasteiger partial charge < -0.3 is 9.88 Å². The Balaban J connectivity index is 1.42. The third-order valence-corrected chi connectivity index (χ3v) is 5.14. The molecule has 28 heavy (non-hydrogen) atoms. The molecule has 0 amide bonds. The maximum atomic E-state index is 12.4. The minimum atomic E-state index is -0.199. The van der Waals surface area contributed by atoms with Gasteiger partial charge in [0.2, 0.25) is 5.95 Å². The number of anilines is 2. The lowest BCUT2D eigenvalue weighted by Crippen LogP contribution is -2.16. The molecule has 1 aromatic carbocycles. The molecule has 8 heteroatoms. The van der Waals surface area contributed by atoms with Gasteiger partial charge in [0.1, 0.15) is 5.52 Å². The second kappa shape index (κ2) is 5.53. The van der Waals surface area contributed by atoms with E-state index in [1.165, 1.54) is 0 Å². The molecule has 5 heterocycles. The lowest BCUT2D eigenvalue weighted by atomic mass is 10.2. The van der Waals surface area contributed by atoms with Gasteiger partial charge in [0.15, 0.2) is 11.3 Å². The number of nitrogens with zero attached hydrogens (tertiary/aromatic N) is 6. The van der Waals surface area contributed by atoms with Gasteiger partial charge in [-0.15, -0.1) is 0 Å². The predicted octanol–water partition coefficient (Wildman–Crippen LogP) is 2.61. The van der Waals surface area contributed by atoms with Crippen molar-refractivity contribution in [3.05, 3.63) is 71.4 Å². The minimum absolute atomic E-state index is 0.199. The van der Waals surface area contributed by atoms with Gasteiger partial charge >= 0.3 is 5.69 Å². The van der Waals surface area contributed by atoms with Crippen LogP contribution in [-0.2, 0) is 6.54 Å². The number of aromatic amines is 1. The van der Waals surface area contributed by atoms with E-state index in [1.807, 2.05) is 42.5 Å². The van der Waals surface area contributed by atoms with Crippen molar-refractivity contribution in [2.24, 2.45) is 0 Å². The van der Waals surface area contributed by atoms with Crippen molar-refractivity contribution in [2.75, 3.05) is 11.4 Å². The summed E-state index contributed by atoms with van der Waals surface area (Å²) in [6.07, 6.45) is 3.48. The van der Waals surface area contributed by atoms with Crippen molar-refractivity contribution < 1.29 is 0 Å². The number of H-pyrrole nitrogens is 1. The number of pyridine rings is 2. The molecule has 1 aliphatic rings. The SMILES string of the molecule is O=c1[nH]c2cccnc2n1-c1ccc(N2CCn3c2nc2cccnc23)cc1. The van der Waals surface area contributed by atoms with Crippen molar-refractivity contribution in [1.82, 2.24) is 29.1 Å². The molecule has 0 fully saturated rings. The maximum Gasteiger partial charge on any atom is 0.332 e. The molecule has 0 spiro atoms. The van der Waals surface area contributed by atoms with Crippen LogP contribution in [0.15, 0.2) is 65.7 Å². The quantitative estimate of drug-likeness (QED) is 0.517. The molecular formula is C20H15N7O. The number of rotatable bonds is 2. The zero-order valence-corrected chi connectivity index (χ0v) is 14.8. The van der Waals surface area contributed by atoms with Crippen LogP contribution < -0.4 is 10.6 Å². The average Bonchev–Trinajstić information content (AvgIpc) is 3.39. The van der Waals surface area contributed by atoms with Gasteiger partial charge in [0, 0.05) is 31.2 Å². The van der Waals surface area contributed by atoms with Gasteiger partial charge in [-0.1, -0.05) is 0 Å². The number of hydrogen-bond acceptors (Lipinski definition) is 5. The Morgan fingerprint density at radius 1 is 0.857 bits per heavy atom. The molecule has 8 nitrogen and oxygen atoms in total. The van der Waals surface area contributed by atoms with Crippen LogP contribution in [0.5, 0.6) is 0 Å². The fourth-order valence-electron chi connectivity index (χ4n) is 3.86. The minimum Gasteiger partial charge on any atom is -0.310 e. The smallest absolute Gasteiger partial charge is 0.310 e. The molecule has 0 aliphatic carbocycles. The highest BCUT2D eigenvalue weighted by Crippen LogP contribution is 2.32. The lowest BCUT2D eigenvalue weighted by Gasteiger charge is -2.16. The van der Waals surface area contributed by atoms with Crippen LogP contribution in [0.2, 0.25) is 0 Å². The lowest BCUT2D eigenvalue weighted by molar-refractivity contribution is 0.816. The first-order chi connectivity index (χ1) is 13.8. The highest BCUT2D eigenvalue weighted by Gasteiger charge is 2.25. The molecule has 0 radical (unpaired) electrons. The van der Waals surface area contributed by atoms with Crippen molar-refractivity contribution in [3.8, 4) is 5.69 Å². The van der Waals surface area contributed by atoms with E-state index in [1.54, 1.807) is 23.0 Å². The summed E-state index contributed by atoms with van der Waals surface area (Å²) in [6, 6.07) is 15.4. The monoisotopic (exact) mass is 369 g/mol. The fourth-order valence-corrected chi connectivity index (χ4v) is 3.86. The number of aromatic nitrogens is 6. The first-order valence-electron chi connectivity index (χ1n) is 9.04. The van der Waals surface area contributed by atoms with E-state index in [2.05, 4.69) is 24.4 Å². The zero-order valence-electron chi connectivity index (χ0n) is 14.8. The van der Waals surface area contributed by atoms with Crippen LogP contribution >= 0.6 is 0 Å². The maximum absolute atomic E-state index is 12.4. The Hall–Kier alpha value is -3.94. The molecule has 5 aromatic rings. The van der Waals surface area contributed by atoms with Crippen LogP contribution in [0.3, 0.4) is 0 Å². The van der Waals surface area contributed by atoms with Gasteiger partial charge in [-0.25, -0.2) is 24.3 Å². The summed E-state index contributed by atoms with van der Waals surface area (Å²) < 4.78 is 3.72.